The molecule has 0 aromatic heterocycles. The predicted octanol–water partition coefficient (Wildman–Crippen LogP) is 2.04. The Morgan fingerprint density at radius 1 is 1.57 bits per heavy atom. The highest BCUT2D eigenvalue weighted by Crippen LogP contribution is 2.43. The Kier molecular flexibility index (Phi) is 2.91. The van der Waals surface area contributed by atoms with Crippen LogP contribution in [-0.2, 0) is 4.79 Å². The fourth-order valence-electron chi connectivity index (χ4n) is 2.40. The molecular weight excluding hydrogens is 180 g/mol. The summed E-state index contributed by atoms with van der Waals surface area (Å²) in [6.45, 7) is 5.78. The Bertz CT molecular complexity index is 231. The van der Waals surface area contributed by atoms with Gasteiger partial charge < -0.3 is 10.2 Å². The van der Waals surface area contributed by atoms with Gasteiger partial charge in [-0.15, -0.1) is 0 Å². The van der Waals surface area contributed by atoms with E-state index in [9.17, 15) is 9.90 Å². The van der Waals surface area contributed by atoms with E-state index in [0.717, 1.165) is 19.3 Å². The molecule has 0 bridgehead atoms. The topological polar surface area (TPSA) is 57.5 Å². The van der Waals surface area contributed by atoms with E-state index < -0.39 is 11.6 Å². The zero-order valence-corrected chi connectivity index (χ0v) is 9.21. The van der Waals surface area contributed by atoms with Crippen molar-refractivity contribution in [1.29, 1.82) is 0 Å². The Hall–Kier alpha value is -0.570. The Balaban J connectivity index is 2.51. The molecule has 1 aliphatic rings. The Morgan fingerprint density at radius 3 is 2.50 bits per heavy atom. The number of carbonyl (C=O) groups is 1. The average Bonchev–Trinajstić information content (AvgIpc) is 2.28. The van der Waals surface area contributed by atoms with Gasteiger partial charge in [0, 0.05) is 0 Å². The molecule has 14 heavy (non-hydrogen) atoms. The maximum Gasteiger partial charge on any atom is 0.335 e. The van der Waals surface area contributed by atoms with Crippen LogP contribution >= 0.6 is 0 Å². The monoisotopic (exact) mass is 200 g/mol. The van der Waals surface area contributed by atoms with Crippen molar-refractivity contribution in [1.82, 2.24) is 0 Å². The van der Waals surface area contributed by atoms with Crippen LogP contribution in [0.25, 0.3) is 0 Å². The molecular formula is C11H20O3. The zero-order valence-electron chi connectivity index (χ0n) is 9.21. The van der Waals surface area contributed by atoms with Gasteiger partial charge in [-0.3, -0.25) is 0 Å². The van der Waals surface area contributed by atoms with Gasteiger partial charge in [0.2, 0.25) is 0 Å². The maximum absolute atomic E-state index is 10.7. The first-order valence-corrected chi connectivity index (χ1v) is 5.19. The van der Waals surface area contributed by atoms with Gasteiger partial charge >= 0.3 is 5.97 Å². The summed E-state index contributed by atoms with van der Waals surface area (Å²) in [6, 6.07) is 0. The molecule has 2 atom stereocenters. The summed E-state index contributed by atoms with van der Waals surface area (Å²) in [4.78, 5) is 10.7. The van der Waals surface area contributed by atoms with Crippen LogP contribution in [-0.4, -0.2) is 21.8 Å². The van der Waals surface area contributed by atoms with Crippen molar-refractivity contribution in [3.63, 3.8) is 0 Å². The lowest BCUT2D eigenvalue weighted by atomic mass is 9.86. The quantitative estimate of drug-likeness (QED) is 0.733. The summed E-state index contributed by atoms with van der Waals surface area (Å²) in [5, 5.41) is 18.4. The number of aliphatic carboxylic acids is 1. The normalized spacial score (nSPS) is 29.9. The van der Waals surface area contributed by atoms with Gasteiger partial charge in [0.15, 0.2) is 5.60 Å². The van der Waals surface area contributed by atoms with Gasteiger partial charge in [0.25, 0.3) is 0 Å². The first kappa shape index (κ1) is 11.5. The van der Waals surface area contributed by atoms with Crippen molar-refractivity contribution in [3.05, 3.63) is 0 Å². The lowest BCUT2D eigenvalue weighted by Crippen LogP contribution is -2.36. The van der Waals surface area contributed by atoms with E-state index in [1.807, 2.05) is 0 Å². The van der Waals surface area contributed by atoms with Gasteiger partial charge in [0.1, 0.15) is 0 Å². The molecule has 0 radical (unpaired) electrons. The highest BCUT2D eigenvalue weighted by Gasteiger charge is 2.38. The SMILES string of the molecule is CC1(C)CCC(CC(C)(O)C(=O)O)C1. The second kappa shape index (κ2) is 3.54. The van der Waals surface area contributed by atoms with E-state index in [0.29, 0.717) is 17.8 Å². The predicted molar refractivity (Wildman–Crippen MR) is 54.0 cm³/mol. The molecule has 0 saturated heterocycles. The van der Waals surface area contributed by atoms with E-state index in [-0.39, 0.29) is 0 Å². The van der Waals surface area contributed by atoms with Crippen molar-refractivity contribution in [3.8, 4) is 0 Å². The molecule has 0 aromatic carbocycles. The zero-order chi connectivity index (χ0) is 11.0. The summed E-state index contributed by atoms with van der Waals surface area (Å²) in [6.07, 6.45) is 3.58. The van der Waals surface area contributed by atoms with E-state index in [1.165, 1.54) is 6.92 Å². The number of aliphatic hydroxyl groups is 1. The van der Waals surface area contributed by atoms with Crippen LogP contribution in [0.4, 0.5) is 0 Å². The molecule has 1 fully saturated rings. The molecule has 82 valence electrons. The van der Waals surface area contributed by atoms with E-state index in [2.05, 4.69) is 13.8 Å². The Morgan fingerprint density at radius 2 is 2.14 bits per heavy atom. The lowest BCUT2D eigenvalue weighted by Gasteiger charge is -2.23. The van der Waals surface area contributed by atoms with Crippen molar-refractivity contribution < 1.29 is 15.0 Å². The summed E-state index contributed by atoms with van der Waals surface area (Å²) in [5.41, 5.74) is -1.23. The minimum Gasteiger partial charge on any atom is -0.479 e. The largest absolute Gasteiger partial charge is 0.479 e. The van der Waals surface area contributed by atoms with Crippen LogP contribution < -0.4 is 0 Å². The summed E-state index contributed by atoms with van der Waals surface area (Å²) < 4.78 is 0. The standard InChI is InChI=1S/C11H20O3/c1-10(2)5-4-8(6-10)7-11(3,14)9(12)13/h8,14H,4-7H2,1-3H3,(H,12,13). The van der Waals surface area contributed by atoms with Crippen LogP contribution in [0, 0.1) is 11.3 Å². The number of hydrogen-bond acceptors (Lipinski definition) is 2. The van der Waals surface area contributed by atoms with Crippen LogP contribution in [0.3, 0.4) is 0 Å². The molecule has 2 N–H and O–H groups in total. The molecule has 1 saturated carbocycles. The molecule has 0 aliphatic heterocycles. The number of hydrogen-bond donors (Lipinski definition) is 2. The molecule has 1 rings (SSSR count). The fraction of sp³-hybridized carbons (Fsp3) is 0.909. The Labute approximate surface area is 85.1 Å². The van der Waals surface area contributed by atoms with Crippen molar-refractivity contribution in [2.45, 2.75) is 52.1 Å². The minimum atomic E-state index is -1.55. The first-order chi connectivity index (χ1) is 6.23. The third kappa shape index (κ3) is 2.71. The minimum absolute atomic E-state index is 0.319. The molecule has 1 aliphatic carbocycles. The van der Waals surface area contributed by atoms with Crippen molar-refractivity contribution in [2.24, 2.45) is 11.3 Å². The molecule has 0 spiro atoms. The van der Waals surface area contributed by atoms with Gasteiger partial charge in [-0.25, -0.2) is 4.79 Å². The number of rotatable bonds is 3. The third-order valence-electron chi connectivity index (χ3n) is 3.22. The van der Waals surface area contributed by atoms with Gasteiger partial charge in [0.05, 0.1) is 0 Å². The van der Waals surface area contributed by atoms with Crippen LogP contribution in [0.15, 0.2) is 0 Å². The summed E-state index contributed by atoms with van der Waals surface area (Å²) >= 11 is 0. The highest BCUT2D eigenvalue weighted by atomic mass is 16.4. The second-order valence-electron chi connectivity index (χ2n) is 5.56. The number of carboxylic acid groups (broad SMARTS) is 1. The molecule has 0 heterocycles. The smallest absolute Gasteiger partial charge is 0.335 e. The average molecular weight is 200 g/mol. The highest BCUT2D eigenvalue weighted by molar-refractivity contribution is 5.76. The van der Waals surface area contributed by atoms with Crippen LogP contribution in [0.1, 0.15) is 46.5 Å². The first-order valence-electron chi connectivity index (χ1n) is 5.19. The van der Waals surface area contributed by atoms with Crippen LogP contribution in [0.5, 0.6) is 0 Å². The summed E-state index contributed by atoms with van der Waals surface area (Å²) in [5.74, 6) is -0.752. The second-order valence-corrected chi connectivity index (χ2v) is 5.56. The lowest BCUT2D eigenvalue weighted by molar-refractivity contribution is -0.158. The summed E-state index contributed by atoms with van der Waals surface area (Å²) in [7, 11) is 0. The van der Waals surface area contributed by atoms with Crippen molar-refractivity contribution in [2.75, 3.05) is 0 Å². The fourth-order valence-corrected chi connectivity index (χ4v) is 2.40. The maximum atomic E-state index is 10.7. The molecule has 2 unspecified atom stereocenters. The molecule has 0 aromatic rings. The molecule has 0 amide bonds. The van der Waals surface area contributed by atoms with Crippen LogP contribution in [0.2, 0.25) is 0 Å². The van der Waals surface area contributed by atoms with E-state index in [1.54, 1.807) is 0 Å². The van der Waals surface area contributed by atoms with Gasteiger partial charge in [-0.1, -0.05) is 13.8 Å². The molecule has 3 heteroatoms. The molecule has 3 nitrogen and oxygen atoms in total. The van der Waals surface area contributed by atoms with Gasteiger partial charge in [-0.05, 0) is 43.9 Å². The van der Waals surface area contributed by atoms with E-state index in [4.69, 9.17) is 5.11 Å². The van der Waals surface area contributed by atoms with Gasteiger partial charge in [-0.2, -0.15) is 0 Å². The third-order valence-corrected chi connectivity index (χ3v) is 3.22. The van der Waals surface area contributed by atoms with Crippen molar-refractivity contribution >= 4 is 5.97 Å². The number of carboxylic acids is 1. The van der Waals surface area contributed by atoms with E-state index >= 15 is 0 Å².